The molecule has 1 fully saturated rings. The van der Waals surface area contributed by atoms with Crippen molar-refractivity contribution in [3.05, 3.63) is 35.7 Å². The molecule has 1 aliphatic heterocycles. The predicted octanol–water partition coefficient (Wildman–Crippen LogP) is 2.54. The Morgan fingerprint density at radius 2 is 1.59 bits per heavy atom. The second-order valence-electron chi connectivity index (χ2n) is 5.26. The summed E-state index contributed by atoms with van der Waals surface area (Å²) in [6, 6.07) is 7.42. The van der Waals surface area contributed by atoms with Crippen LogP contribution in [0.2, 0.25) is 0 Å². The maximum Gasteiger partial charge on any atom is 0.483 e. The lowest BCUT2D eigenvalue weighted by Crippen LogP contribution is -2.41. The summed E-state index contributed by atoms with van der Waals surface area (Å²) in [5.74, 6) is 0. The van der Waals surface area contributed by atoms with Crippen LogP contribution in [0.1, 0.15) is 27.7 Å². The van der Waals surface area contributed by atoms with Crippen molar-refractivity contribution in [1.29, 1.82) is 0 Å². The van der Waals surface area contributed by atoms with Crippen molar-refractivity contribution >= 4 is 18.3 Å². The van der Waals surface area contributed by atoms with E-state index in [0.717, 1.165) is 5.46 Å². The molecular weight excluding hydrogens is 213 g/mol. The number of hydrogen-bond acceptors (Lipinski definition) is 2. The lowest BCUT2D eigenvalue weighted by molar-refractivity contribution is 0.00578. The third kappa shape index (κ3) is 1.97. The Labute approximate surface area is 103 Å². The fraction of sp³-hybridized carbons (Fsp3) is 0.462. The first-order valence-corrected chi connectivity index (χ1v) is 5.69. The first-order chi connectivity index (χ1) is 7.87. The van der Waals surface area contributed by atoms with Gasteiger partial charge in [0.1, 0.15) is 0 Å². The summed E-state index contributed by atoms with van der Waals surface area (Å²) in [5, 5.41) is 0. The van der Waals surface area contributed by atoms with Crippen LogP contribution in [0.4, 0.5) is 5.69 Å². The summed E-state index contributed by atoms with van der Waals surface area (Å²) >= 11 is 0. The molecule has 3 nitrogen and oxygen atoms in total. The molecule has 2 rings (SSSR count). The highest BCUT2D eigenvalue weighted by Gasteiger charge is 2.51. The van der Waals surface area contributed by atoms with Gasteiger partial charge >= 0.3 is 7.12 Å². The molecule has 4 heteroatoms. The van der Waals surface area contributed by atoms with Crippen molar-refractivity contribution in [3.8, 4) is 0 Å². The molecule has 17 heavy (non-hydrogen) atoms. The average molecular weight is 229 g/mol. The molecule has 0 saturated carbocycles. The van der Waals surface area contributed by atoms with E-state index in [2.05, 4.69) is 4.85 Å². The van der Waals surface area contributed by atoms with Gasteiger partial charge in [-0.3, -0.25) is 0 Å². The van der Waals surface area contributed by atoms with Gasteiger partial charge < -0.3 is 9.31 Å². The van der Waals surface area contributed by atoms with Crippen molar-refractivity contribution in [2.45, 2.75) is 38.9 Å². The summed E-state index contributed by atoms with van der Waals surface area (Å²) in [7, 11) is -0.453. The first kappa shape index (κ1) is 12.2. The lowest BCUT2D eigenvalue weighted by Gasteiger charge is -2.32. The lowest BCUT2D eigenvalue weighted by atomic mass is 9.78. The SMILES string of the molecule is [C-]#[N+]c1ccccc1B1OC(C)(C)C(C)(C)O1. The molecule has 0 aromatic heterocycles. The average Bonchev–Trinajstić information content (AvgIpc) is 2.48. The second-order valence-corrected chi connectivity index (χ2v) is 5.26. The molecule has 0 atom stereocenters. The van der Waals surface area contributed by atoms with Crippen LogP contribution in [-0.2, 0) is 9.31 Å². The molecule has 1 heterocycles. The van der Waals surface area contributed by atoms with E-state index in [0.29, 0.717) is 5.69 Å². The summed E-state index contributed by atoms with van der Waals surface area (Å²) in [4.78, 5) is 3.50. The Bertz CT molecular complexity index is 461. The Morgan fingerprint density at radius 1 is 1.06 bits per heavy atom. The van der Waals surface area contributed by atoms with Gasteiger partial charge in [0.05, 0.1) is 17.8 Å². The van der Waals surface area contributed by atoms with E-state index in [9.17, 15) is 0 Å². The van der Waals surface area contributed by atoms with Crippen LogP contribution in [0.5, 0.6) is 0 Å². The topological polar surface area (TPSA) is 22.8 Å². The molecule has 1 aromatic carbocycles. The van der Waals surface area contributed by atoms with E-state index >= 15 is 0 Å². The van der Waals surface area contributed by atoms with Crippen LogP contribution in [0, 0.1) is 6.57 Å². The summed E-state index contributed by atoms with van der Waals surface area (Å²) in [6.07, 6.45) is 0. The normalized spacial score (nSPS) is 21.2. The van der Waals surface area contributed by atoms with Gasteiger partial charge in [-0.25, -0.2) is 4.85 Å². The quantitative estimate of drug-likeness (QED) is 0.545. The van der Waals surface area contributed by atoms with Crippen LogP contribution in [-0.4, -0.2) is 18.3 Å². The molecule has 0 N–H and O–H groups in total. The van der Waals surface area contributed by atoms with Crippen molar-refractivity contribution in [3.63, 3.8) is 0 Å². The molecule has 0 spiro atoms. The van der Waals surface area contributed by atoms with Gasteiger partial charge in [-0.05, 0) is 33.2 Å². The van der Waals surface area contributed by atoms with Gasteiger partial charge in [0.2, 0.25) is 0 Å². The monoisotopic (exact) mass is 229 g/mol. The van der Waals surface area contributed by atoms with E-state index in [-0.39, 0.29) is 11.2 Å². The maximum atomic E-state index is 7.16. The third-order valence-electron chi connectivity index (χ3n) is 3.56. The summed E-state index contributed by atoms with van der Waals surface area (Å²) in [6.45, 7) is 15.2. The van der Waals surface area contributed by atoms with E-state index in [1.54, 1.807) is 6.07 Å². The minimum Gasteiger partial charge on any atom is -0.400 e. The highest BCUT2D eigenvalue weighted by molar-refractivity contribution is 6.64. The molecule has 0 bridgehead atoms. The molecule has 0 amide bonds. The zero-order chi connectivity index (χ0) is 12.7. The standard InChI is InChI=1S/C13H16BNO2/c1-12(2)13(3,4)17-14(16-12)10-8-6-7-9-11(10)15-5/h6-9H,1-4H3. The molecule has 1 aliphatic rings. The Hall–Kier alpha value is -1.31. The second kappa shape index (κ2) is 3.87. The van der Waals surface area contributed by atoms with E-state index in [1.165, 1.54) is 0 Å². The molecule has 1 aromatic rings. The van der Waals surface area contributed by atoms with Gasteiger partial charge in [-0.1, -0.05) is 24.3 Å². The number of benzene rings is 1. The first-order valence-electron chi connectivity index (χ1n) is 5.69. The van der Waals surface area contributed by atoms with Gasteiger partial charge in [0, 0.05) is 0 Å². The number of hydrogen-bond donors (Lipinski definition) is 0. The summed E-state index contributed by atoms with van der Waals surface area (Å²) in [5.41, 5.74) is 0.659. The molecule has 0 radical (unpaired) electrons. The van der Waals surface area contributed by atoms with Crippen LogP contribution >= 0.6 is 0 Å². The van der Waals surface area contributed by atoms with Crippen molar-refractivity contribution in [2.24, 2.45) is 0 Å². The van der Waals surface area contributed by atoms with Gasteiger partial charge in [0.15, 0.2) is 5.69 Å². The van der Waals surface area contributed by atoms with Crippen LogP contribution in [0.3, 0.4) is 0 Å². The molecule has 88 valence electrons. The molecule has 1 saturated heterocycles. The highest BCUT2D eigenvalue weighted by Crippen LogP contribution is 2.37. The van der Waals surface area contributed by atoms with Crippen LogP contribution < -0.4 is 5.46 Å². The van der Waals surface area contributed by atoms with Crippen molar-refractivity contribution in [1.82, 2.24) is 0 Å². The highest BCUT2D eigenvalue weighted by atomic mass is 16.7. The Balaban J connectivity index is 2.36. The fourth-order valence-electron chi connectivity index (χ4n) is 1.76. The van der Waals surface area contributed by atoms with Crippen molar-refractivity contribution < 1.29 is 9.31 Å². The zero-order valence-corrected chi connectivity index (χ0v) is 10.7. The Morgan fingerprint density at radius 3 is 2.12 bits per heavy atom. The summed E-state index contributed by atoms with van der Waals surface area (Å²) < 4.78 is 11.9. The maximum absolute atomic E-state index is 7.16. The molecule has 0 aliphatic carbocycles. The number of para-hydroxylation sites is 1. The van der Waals surface area contributed by atoms with E-state index in [1.807, 2.05) is 45.9 Å². The largest absolute Gasteiger partial charge is 0.483 e. The zero-order valence-electron chi connectivity index (χ0n) is 10.7. The minimum atomic E-state index is -0.453. The predicted molar refractivity (Wildman–Crippen MR) is 68.4 cm³/mol. The molecular formula is C13H16BNO2. The van der Waals surface area contributed by atoms with Crippen LogP contribution in [0.25, 0.3) is 4.85 Å². The third-order valence-corrected chi connectivity index (χ3v) is 3.56. The van der Waals surface area contributed by atoms with Gasteiger partial charge in [0.25, 0.3) is 0 Å². The van der Waals surface area contributed by atoms with Gasteiger partial charge in [-0.2, -0.15) is 0 Å². The Kier molecular flexibility index (Phi) is 2.77. The molecule has 0 unspecified atom stereocenters. The smallest absolute Gasteiger partial charge is 0.400 e. The van der Waals surface area contributed by atoms with E-state index < -0.39 is 7.12 Å². The van der Waals surface area contributed by atoms with E-state index in [4.69, 9.17) is 15.9 Å². The number of rotatable bonds is 1. The minimum absolute atomic E-state index is 0.368. The van der Waals surface area contributed by atoms with Crippen LogP contribution in [0.15, 0.2) is 24.3 Å². The fourth-order valence-corrected chi connectivity index (χ4v) is 1.76. The van der Waals surface area contributed by atoms with Crippen molar-refractivity contribution in [2.75, 3.05) is 0 Å². The number of nitrogens with zero attached hydrogens (tertiary/aromatic N) is 1. The van der Waals surface area contributed by atoms with Gasteiger partial charge in [-0.15, -0.1) is 0 Å².